The molecule has 122 valence electrons. The van der Waals surface area contributed by atoms with Gasteiger partial charge in [0.1, 0.15) is 6.54 Å². The van der Waals surface area contributed by atoms with Gasteiger partial charge in [0.05, 0.1) is 11.9 Å². The summed E-state index contributed by atoms with van der Waals surface area (Å²) >= 11 is 1.69. The van der Waals surface area contributed by atoms with Crippen LogP contribution in [0.1, 0.15) is 43.9 Å². The fourth-order valence-electron chi connectivity index (χ4n) is 2.75. The van der Waals surface area contributed by atoms with E-state index in [9.17, 15) is 9.59 Å². The highest BCUT2D eigenvalue weighted by Crippen LogP contribution is 2.17. The molecule has 3 N–H and O–H groups in total. The van der Waals surface area contributed by atoms with Crippen molar-refractivity contribution in [2.45, 2.75) is 57.7 Å². The van der Waals surface area contributed by atoms with Gasteiger partial charge in [-0.1, -0.05) is 25.3 Å². The lowest BCUT2D eigenvalue weighted by Crippen LogP contribution is -3.12. The fourth-order valence-corrected chi connectivity index (χ4v) is 3.55. The largest absolute Gasteiger partial charge is 0.335 e. The van der Waals surface area contributed by atoms with Gasteiger partial charge in [0.2, 0.25) is 0 Å². The molecule has 0 spiro atoms. The molecule has 1 unspecified atom stereocenters. The second kappa shape index (κ2) is 8.29. The van der Waals surface area contributed by atoms with Crippen LogP contribution in [0.3, 0.4) is 0 Å². The Morgan fingerprint density at radius 3 is 2.73 bits per heavy atom. The normalized spacial score (nSPS) is 18.5. The molecule has 1 saturated carbocycles. The van der Waals surface area contributed by atoms with E-state index >= 15 is 0 Å². The zero-order chi connectivity index (χ0) is 15.9. The lowest BCUT2D eigenvalue weighted by Gasteiger charge is -2.24. The number of urea groups is 1. The molecule has 0 bridgehead atoms. The summed E-state index contributed by atoms with van der Waals surface area (Å²) in [6.45, 7) is 2.64. The number of nitrogens with one attached hydrogen (secondary N) is 3. The summed E-state index contributed by atoms with van der Waals surface area (Å²) in [6.07, 6.45) is 5.58. The van der Waals surface area contributed by atoms with Crippen LogP contribution in [0.25, 0.3) is 0 Å². The highest BCUT2D eigenvalue weighted by Gasteiger charge is 2.25. The van der Waals surface area contributed by atoms with Gasteiger partial charge in [-0.25, -0.2) is 4.79 Å². The number of likely N-dealkylation sites (N-methyl/N-ethyl adjacent to an activating group) is 1. The van der Waals surface area contributed by atoms with Crippen LogP contribution < -0.4 is 15.5 Å². The summed E-state index contributed by atoms with van der Waals surface area (Å²) in [6, 6.07) is 3.67. The summed E-state index contributed by atoms with van der Waals surface area (Å²) in [5.41, 5.74) is 0. The number of hydrogen-bond donors (Lipinski definition) is 3. The summed E-state index contributed by atoms with van der Waals surface area (Å²) in [4.78, 5) is 26.4. The maximum Gasteiger partial charge on any atom is 0.321 e. The van der Waals surface area contributed by atoms with Crippen molar-refractivity contribution >= 4 is 23.3 Å². The Bertz CT molecular complexity index is 484. The molecule has 0 radical (unpaired) electrons. The van der Waals surface area contributed by atoms with Crippen molar-refractivity contribution in [3.8, 4) is 0 Å². The van der Waals surface area contributed by atoms with Crippen LogP contribution in [0.4, 0.5) is 4.79 Å². The number of rotatable bonds is 5. The number of thiophene rings is 1. The Balaban J connectivity index is 1.76. The SMILES string of the molecule is C[C@H](C(=O)NC(=O)NC1CCCCC1)[NH+](C)Cc1cccs1. The van der Waals surface area contributed by atoms with Gasteiger partial charge in [-0.2, -0.15) is 0 Å². The fraction of sp³-hybridized carbons (Fsp3) is 0.625. The maximum atomic E-state index is 12.2. The van der Waals surface area contributed by atoms with Gasteiger partial charge in [-0.15, -0.1) is 11.3 Å². The van der Waals surface area contributed by atoms with Crippen molar-refractivity contribution in [1.82, 2.24) is 10.6 Å². The molecule has 1 heterocycles. The van der Waals surface area contributed by atoms with Gasteiger partial charge >= 0.3 is 6.03 Å². The molecular formula is C16H26N3O2S+. The second-order valence-corrected chi connectivity index (χ2v) is 7.15. The third-order valence-corrected chi connectivity index (χ3v) is 5.22. The average Bonchev–Trinajstić information content (AvgIpc) is 3.00. The smallest absolute Gasteiger partial charge is 0.321 e. The van der Waals surface area contributed by atoms with E-state index in [0.29, 0.717) is 0 Å². The molecule has 3 amide bonds. The first-order valence-electron chi connectivity index (χ1n) is 8.02. The molecule has 1 aliphatic rings. The molecule has 1 fully saturated rings. The molecule has 22 heavy (non-hydrogen) atoms. The van der Waals surface area contributed by atoms with Gasteiger partial charge in [0.15, 0.2) is 6.04 Å². The van der Waals surface area contributed by atoms with E-state index in [0.717, 1.165) is 37.1 Å². The van der Waals surface area contributed by atoms with Crippen molar-refractivity contribution in [3.63, 3.8) is 0 Å². The Labute approximate surface area is 136 Å². The number of amides is 3. The van der Waals surface area contributed by atoms with Crippen LogP contribution in [0.15, 0.2) is 17.5 Å². The topological polar surface area (TPSA) is 62.6 Å². The van der Waals surface area contributed by atoms with Crippen molar-refractivity contribution < 1.29 is 14.5 Å². The van der Waals surface area contributed by atoms with E-state index in [1.807, 2.05) is 25.4 Å². The number of imide groups is 1. The van der Waals surface area contributed by atoms with Crippen LogP contribution in [0.2, 0.25) is 0 Å². The van der Waals surface area contributed by atoms with Crippen molar-refractivity contribution in [2.24, 2.45) is 0 Å². The molecule has 1 aliphatic carbocycles. The predicted octanol–water partition coefficient (Wildman–Crippen LogP) is 1.31. The second-order valence-electron chi connectivity index (χ2n) is 6.12. The van der Waals surface area contributed by atoms with Crippen molar-refractivity contribution in [3.05, 3.63) is 22.4 Å². The van der Waals surface area contributed by atoms with E-state index in [1.165, 1.54) is 11.3 Å². The molecular weight excluding hydrogens is 298 g/mol. The van der Waals surface area contributed by atoms with E-state index in [-0.39, 0.29) is 24.0 Å². The Morgan fingerprint density at radius 1 is 1.36 bits per heavy atom. The molecule has 6 heteroatoms. The van der Waals surface area contributed by atoms with E-state index in [1.54, 1.807) is 11.3 Å². The van der Waals surface area contributed by atoms with Gasteiger partial charge in [0, 0.05) is 6.04 Å². The van der Waals surface area contributed by atoms with E-state index < -0.39 is 0 Å². The number of quaternary nitrogens is 1. The number of hydrogen-bond acceptors (Lipinski definition) is 3. The van der Waals surface area contributed by atoms with Crippen LogP contribution in [0, 0.1) is 0 Å². The Hall–Kier alpha value is -1.40. The third kappa shape index (κ3) is 5.10. The summed E-state index contributed by atoms with van der Waals surface area (Å²) in [5.74, 6) is -0.220. The van der Waals surface area contributed by atoms with Crippen LogP contribution in [0.5, 0.6) is 0 Å². The molecule has 0 saturated heterocycles. The minimum absolute atomic E-state index is 0.216. The van der Waals surface area contributed by atoms with Crippen LogP contribution in [-0.2, 0) is 11.3 Å². The van der Waals surface area contributed by atoms with Gasteiger partial charge in [0.25, 0.3) is 5.91 Å². The molecule has 1 aromatic rings. The Morgan fingerprint density at radius 2 is 2.09 bits per heavy atom. The monoisotopic (exact) mass is 324 g/mol. The molecule has 0 aliphatic heterocycles. The van der Waals surface area contributed by atoms with Crippen LogP contribution in [-0.4, -0.2) is 31.1 Å². The maximum absolute atomic E-state index is 12.2. The zero-order valence-corrected chi connectivity index (χ0v) is 14.2. The summed E-state index contributed by atoms with van der Waals surface area (Å²) in [5, 5.41) is 7.42. The first-order valence-corrected chi connectivity index (χ1v) is 8.90. The van der Waals surface area contributed by atoms with Gasteiger partial charge in [-0.3, -0.25) is 10.1 Å². The van der Waals surface area contributed by atoms with Gasteiger partial charge in [-0.05, 0) is 31.2 Å². The zero-order valence-electron chi connectivity index (χ0n) is 13.4. The quantitative estimate of drug-likeness (QED) is 0.765. The molecule has 2 rings (SSSR count). The van der Waals surface area contributed by atoms with E-state index in [2.05, 4.69) is 16.7 Å². The first-order chi connectivity index (χ1) is 10.6. The van der Waals surface area contributed by atoms with E-state index in [4.69, 9.17) is 0 Å². The first kappa shape index (κ1) is 17.0. The van der Waals surface area contributed by atoms with Crippen LogP contribution >= 0.6 is 11.3 Å². The third-order valence-electron chi connectivity index (χ3n) is 4.34. The lowest BCUT2D eigenvalue weighted by molar-refractivity contribution is -0.907. The molecule has 2 atom stereocenters. The average molecular weight is 324 g/mol. The molecule has 5 nitrogen and oxygen atoms in total. The summed E-state index contributed by atoms with van der Waals surface area (Å²) < 4.78 is 0. The molecule has 0 aromatic carbocycles. The number of carbonyl (C=O) groups is 2. The van der Waals surface area contributed by atoms with Crippen molar-refractivity contribution in [1.29, 1.82) is 0 Å². The van der Waals surface area contributed by atoms with Gasteiger partial charge < -0.3 is 10.2 Å². The Kier molecular flexibility index (Phi) is 6.39. The molecule has 1 aromatic heterocycles. The minimum Gasteiger partial charge on any atom is -0.335 e. The standard InChI is InChI=1S/C16H25N3O2S/c1-12(19(2)11-14-9-6-10-22-14)15(20)18-16(21)17-13-7-4-3-5-8-13/h6,9-10,12-13H,3-5,7-8,11H2,1-2H3,(H2,17,18,20,21)/p+1/t12-/m1/s1. The number of carbonyl (C=O) groups excluding carboxylic acids is 2. The summed E-state index contributed by atoms with van der Waals surface area (Å²) in [7, 11) is 1.98. The highest BCUT2D eigenvalue weighted by atomic mass is 32.1. The van der Waals surface area contributed by atoms with Crippen molar-refractivity contribution in [2.75, 3.05) is 7.05 Å². The lowest BCUT2D eigenvalue weighted by atomic mass is 9.96. The highest BCUT2D eigenvalue weighted by molar-refractivity contribution is 7.09. The minimum atomic E-state index is -0.354. The predicted molar refractivity (Wildman–Crippen MR) is 87.9 cm³/mol.